The Hall–Kier alpha value is -3.12. The fourth-order valence-corrected chi connectivity index (χ4v) is 4.11. The van der Waals surface area contributed by atoms with Crippen LogP contribution in [-0.4, -0.2) is 24.1 Å². The molecule has 1 heterocycles. The van der Waals surface area contributed by atoms with Crippen LogP contribution in [-0.2, 0) is 29.8 Å². The molecule has 0 radical (unpaired) electrons. The normalized spacial score (nSPS) is 18.3. The van der Waals surface area contributed by atoms with Gasteiger partial charge in [0.05, 0.1) is 29.8 Å². The van der Waals surface area contributed by atoms with Crippen LogP contribution in [0.2, 0.25) is 0 Å². The second-order valence-electron chi connectivity index (χ2n) is 8.31. The van der Waals surface area contributed by atoms with Gasteiger partial charge in [0.1, 0.15) is 0 Å². The number of ether oxygens (including phenoxy) is 1. The van der Waals surface area contributed by atoms with Gasteiger partial charge in [-0.3, -0.25) is 4.90 Å². The van der Waals surface area contributed by atoms with E-state index in [1.807, 2.05) is 0 Å². The van der Waals surface area contributed by atoms with Crippen molar-refractivity contribution in [3.05, 3.63) is 64.2 Å². The maximum absolute atomic E-state index is 13.4. The molecule has 2 aromatic rings. The number of nitrogens with zero attached hydrogens (tertiary/aromatic N) is 1. The van der Waals surface area contributed by atoms with Crippen LogP contribution in [0.25, 0.3) is 0 Å². The van der Waals surface area contributed by atoms with Crippen LogP contribution in [0.1, 0.15) is 53.6 Å². The monoisotopic (exact) mass is 528 g/mol. The summed E-state index contributed by atoms with van der Waals surface area (Å²) in [5, 5.41) is 3.05. The molecular formula is C23H21F9N2O2. The Morgan fingerprint density at radius 3 is 1.94 bits per heavy atom. The predicted octanol–water partition coefficient (Wildman–Crippen LogP) is 7.65. The van der Waals surface area contributed by atoms with Gasteiger partial charge in [0.25, 0.3) is 0 Å². The largest absolute Gasteiger partial charge is 0.453 e. The summed E-state index contributed by atoms with van der Waals surface area (Å²) < 4.78 is 125. The number of halogens is 9. The molecule has 0 aliphatic carbocycles. The minimum Gasteiger partial charge on any atom is -0.453 e. The molecule has 2 aromatic carbocycles. The minimum absolute atomic E-state index is 0.0166. The first-order valence-electron chi connectivity index (χ1n) is 10.6. The van der Waals surface area contributed by atoms with Crippen molar-refractivity contribution in [2.45, 2.75) is 56.9 Å². The number of benzene rings is 2. The molecule has 198 valence electrons. The molecule has 0 aromatic heterocycles. The van der Waals surface area contributed by atoms with Crippen molar-refractivity contribution < 1.29 is 49.0 Å². The molecule has 1 N–H and O–H groups in total. The third kappa shape index (κ3) is 5.98. The third-order valence-electron chi connectivity index (χ3n) is 5.88. The highest BCUT2D eigenvalue weighted by Crippen LogP contribution is 2.43. The second kappa shape index (κ2) is 9.74. The zero-order valence-corrected chi connectivity index (χ0v) is 18.9. The van der Waals surface area contributed by atoms with E-state index in [0.717, 1.165) is 24.1 Å². The molecule has 0 spiro atoms. The molecule has 36 heavy (non-hydrogen) atoms. The van der Waals surface area contributed by atoms with Crippen molar-refractivity contribution in [1.29, 1.82) is 0 Å². The molecule has 3 rings (SSSR count). The number of carbonyl (C=O) groups excluding carboxylic acids is 1. The molecule has 0 saturated carbocycles. The summed E-state index contributed by atoms with van der Waals surface area (Å²) in [4.78, 5) is 13.5. The SMILES string of the molecule is CC[C@H]1C[C@@H](N(Cc2cc(C(F)(F)F)cc(C(F)(F)F)c2)C(=O)OC)c2cc(C(F)(F)F)ccc2N1. The molecule has 0 saturated heterocycles. The number of hydrogen-bond donors (Lipinski definition) is 1. The Kier molecular flexibility index (Phi) is 7.43. The summed E-state index contributed by atoms with van der Waals surface area (Å²) >= 11 is 0. The lowest BCUT2D eigenvalue weighted by molar-refractivity contribution is -0.143. The Morgan fingerprint density at radius 1 is 0.917 bits per heavy atom. The first-order valence-corrected chi connectivity index (χ1v) is 10.6. The van der Waals surface area contributed by atoms with Crippen LogP contribution in [0.4, 0.5) is 50.0 Å². The molecule has 0 fully saturated rings. The van der Waals surface area contributed by atoms with Crippen molar-refractivity contribution >= 4 is 11.8 Å². The Morgan fingerprint density at radius 2 is 1.47 bits per heavy atom. The van der Waals surface area contributed by atoms with Gasteiger partial charge in [-0.2, -0.15) is 39.5 Å². The molecule has 0 bridgehead atoms. The highest BCUT2D eigenvalue weighted by atomic mass is 19.4. The van der Waals surface area contributed by atoms with E-state index < -0.39 is 59.5 Å². The van der Waals surface area contributed by atoms with Crippen LogP contribution >= 0.6 is 0 Å². The van der Waals surface area contributed by atoms with Crippen molar-refractivity contribution in [3.63, 3.8) is 0 Å². The van der Waals surface area contributed by atoms with E-state index in [-0.39, 0.29) is 29.8 Å². The smallest absolute Gasteiger partial charge is 0.416 e. The van der Waals surface area contributed by atoms with Gasteiger partial charge in [0, 0.05) is 18.3 Å². The lowest BCUT2D eigenvalue weighted by Gasteiger charge is -2.39. The van der Waals surface area contributed by atoms with Crippen molar-refractivity contribution in [2.24, 2.45) is 0 Å². The fourth-order valence-electron chi connectivity index (χ4n) is 4.11. The number of amides is 1. The lowest BCUT2D eigenvalue weighted by atomic mass is 9.89. The molecular weight excluding hydrogens is 507 g/mol. The summed E-state index contributed by atoms with van der Waals surface area (Å²) in [5.74, 6) is 0. The molecule has 2 atom stereocenters. The van der Waals surface area contributed by atoms with E-state index in [9.17, 15) is 44.3 Å². The third-order valence-corrected chi connectivity index (χ3v) is 5.88. The first-order chi connectivity index (χ1) is 16.5. The van der Waals surface area contributed by atoms with Crippen LogP contribution in [0, 0.1) is 0 Å². The van der Waals surface area contributed by atoms with Gasteiger partial charge in [-0.1, -0.05) is 6.92 Å². The van der Waals surface area contributed by atoms with Gasteiger partial charge >= 0.3 is 24.6 Å². The van der Waals surface area contributed by atoms with Crippen LogP contribution in [0.5, 0.6) is 0 Å². The van der Waals surface area contributed by atoms with Gasteiger partial charge < -0.3 is 10.1 Å². The topological polar surface area (TPSA) is 41.6 Å². The zero-order valence-electron chi connectivity index (χ0n) is 18.9. The summed E-state index contributed by atoms with van der Waals surface area (Å²) in [6.45, 7) is 1.01. The summed E-state index contributed by atoms with van der Waals surface area (Å²) in [6, 6.07) is 2.26. The van der Waals surface area contributed by atoms with Gasteiger partial charge in [-0.25, -0.2) is 4.79 Å². The maximum Gasteiger partial charge on any atom is 0.416 e. The van der Waals surface area contributed by atoms with Crippen molar-refractivity contribution in [1.82, 2.24) is 4.90 Å². The second-order valence-corrected chi connectivity index (χ2v) is 8.31. The molecule has 0 unspecified atom stereocenters. The molecule has 1 aliphatic rings. The standard InChI is InChI=1S/C23H21F9N2O2/c1-3-16-10-19(17-9-13(21(24,25)26)4-5-18(17)33-16)34(20(35)36-2)11-12-6-14(22(27,28)29)8-15(7-12)23(30,31)32/h4-9,16,19,33H,3,10-11H2,1-2H3/t16-,19+/m0/s1. The van der Waals surface area contributed by atoms with Crippen molar-refractivity contribution in [3.8, 4) is 0 Å². The van der Waals surface area contributed by atoms with Gasteiger partial charge in [-0.05, 0) is 60.4 Å². The highest BCUT2D eigenvalue weighted by molar-refractivity contribution is 5.70. The average molecular weight is 528 g/mol. The zero-order chi connectivity index (χ0) is 27.1. The summed E-state index contributed by atoms with van der Waals surface area (Å²) in [7, 11) is 0.952. The van der Waals surface area contributed by atoms with E-state index in [1.54, 1.807) is 6.92 Å². The number of hydrogen-bond acceptors (Lipinski definition) is 3. The van der Waals surface area contributed by atoms with Crippen LogP contribution in [0.15, 0.2) is 36.4 Å². The van der Waals surface area contributed by atoms with Gasteiger partial charge in [-0.15, -0.1) is 0 Å². The van der Waals surface area contributed by atoms with Crippen LogP contribution < -0.4 is 5.32 Å². The summed E-state index contributed by atoms with van der Waals surface area (Å²) in [6.07, 6.45) is -15.5. The van der Waals surface area contributed by atoms with E-state index in [1.165, 1.54) is 6.07 Å². The lowest BCUT2D eigenvalue weighted by Crippen LogP contribution is -2.40. The van der Waals surface area contributed by atoms with E-state index in [2.05, 4.69) is 5.32 Å². The van der Waals surface area contributed by atoms with E-state index in [4.69, 9.17) is 4.74 Å². The van der Waals surface area contributed by atoms with Gasteiger partial charge in [0.2, 0.25) is 0 Å². The molecule has 4 nitrogen and oxygen atoms in total. The number of nitrogens with one attached hydrogen (secondary N) is 1. The Balaban J connectivity index is 2.13. The molecule has 1 aliphatic heterocycles. The minimum atomic E-state index is -5.11. The van der Waals surface area contributed by atoms with Crippen LogP contribution in [0.3, 0.4) is 0 Å². The first kappa shape index (κ1) is 27.5. The Labute approximate surface area is 200 Å². The van der Waals surface area contributed by atoms with E-state index >= 15 is 0 Å². The summed E-state index contributed by atoms with van der Waals surface area (Å²) in [5.41, 5.74) is -4.40. The predicted molar refractivity (Wildman–Crippen MR) is 111 cm³/mol. The number of carbonyl (C=O) groups is 1. The Bertz CT molecular complexity index is 1080. The van der Waals surface area contributed by atoms with E-state index in [0.29, 0.717) is 18.6 Å². The number of anilines is 1. The highest BCUT2D eigenvalue weighted by Gasteiger charge is 2.39. The maximum atomic E-state index is 13.4. The number of alkyl halides is 9. The number of fused-ring (bicyclic) bond motifs is 1. The van der Waals surface area contributed by atoms with Crippen molar-refractivity contribution in [2.75, 3.05) is 12.4 Å². The number of rotatable bonds is 4. The molecule has 1 amide bonds. The number of methoxy groups -OCH3 is 1. The average Bonchev–Trinajstić information content (AvgIpc) is 2.79. The molecule has 13 heteroatoms. The van der Waals surface area contributed by atoms with Gasteiger partial charge in [0.15, 0.2) is 0 Å². The fraction of sp³-hybridized carbons (Fsp3) is 0.435. The quantitative estimate of drug-likeness (QED) is 0.415.